The van der Waals surface area contributed by atoms with E-state index in [9.17, 15) is 24.0 Å². The van der Waals surface area contributed by atoms with Crippen LogP contribution in [0.4, 0.5) is 0 Å². The van der Waals surface area contributed by atoms with Crippen molar-refractivity contribution in [2.24, 2.45) is 38.9 Å². The lowest BCUT2D eigenvalue weighted by Gasteiger charge is -2.40. The molecule has 4 atom stereocenters. The first-order chi connectivity index (χ1) is 66.5. The second-order valence-corrected chi connectivity index (χ2v) is 46.3. The maximum atomic E-state index is 13.1. The molecular weight excluding hydrogens is 2300 g/mol. The van der Waals surface area contributed by atoms with E-state index in [-0.39, 0.29) is 53.5 Å². The largest absolute Gasteiger partial charge is 0.343 e. The number of benzene rings is 4. The molecule has 0 N–H and O–H groups in total. The van der Waals surface area contributed by atoms with Crippen molar-refractivity contribution in [1.29, 1.82) is 0 Å². The summed E-state index contributed by atoms with van der Waals surface area (Å²) in [6, 6.07) is 37.1. The highest BCUT2D eigenvalue weighted by Crippen LogP contribution is 2.51. The van der Waals surface area contributed by atoms with Crippen molar-refractivity contribution in [3.05, 3.63) is 334 Å². The summed E-state index contributed by atoms with van der Waals surface area (Å²) in [5.41, 5.74) is 22.7. The van der Waals surface area contributed by atoms with Gasteiger partial charge in [-0.3, -0.25) is 53.7 Å². The molecule has 0 saturated carbocycles. The number of piperazine rings is 2. The zero-order valence-corrected chi connectivity index (χ0v) is 92.6. The maximum Gasteiger partial charge on any atom is 0.227 e. The van der Waals surface area contributed by atoms with E-state index in [1.165, 1.54) is 72.6 Å². The lowest BCUT2D eigenvalue weighted by molar-refractivity contribution is -0.671. The zero-order valence-electron chi connectivity index (χ0n) is 77.7. The third-order valence-corrected chi connectivity index (χ3v) is 33.9. The van der Waals surface area contributed by atoms with Crippen LogP contribution in [0.25, 0.3) is 0 Å². The van der Waals surface area contributed by atoms with Gasteiger partial charge in [0.05, 0.1) is 54.1 Å². The van der Waals surface area contributed by atoms with Gasteiger partial charge >= 0.3 is 0 Å². The van der Waals surface area contributed by atoms with Crippen molar-refractivity contribution in [1.82, 2.24) is 54.2 Å². The quantitative estimate of drug-likeness (QED) is 0.107. The first-order valence-electron chi connectivity index (χ1n) is 47.6. The van der Waals surface area contributed by atoms with Crippen molar-refractivity contribution < 1.29 is 37.7 Å². The van der Waals surface area contributed by atoms with Gasteiger partial charge in [0.15, 0.2) is 37.2 Å². The van der Waals surface area contributed by atoms with Crippen molar-refractivity contribution in [3.63, 3.8) is 0 Å². The molecule has 0 radical (unpaired) electrons. The van der Waals surface area contributed by atoms with Gasteiger partial charge in [0.25, 0.3) is 0 Å². The van der Waals surface area contributed by atoms with Crippen LogP contribution in [0.3, 0.4) is 0 Å². The molecule has 11 aromatic rings. The molecule has 31 heteroatoms. The molecule has 5 amide bonds. The van der Waals surface area contributed by atoms with Gasteiger partial charge < -0.3 is 24.5 Å². The van der Waals surface area contributed by atoms with E-state index in [2.05, 4.69) is 164 Å². The molecule has 9 aliphatic rings. The Hall–Kier alpha value is -6.99. The number of rotatable bonds is 12. The summed E-state index contributed by atoms with van der Waals surface area (Å²) in [5.74, 6) is 2.56. The van der Waals surface area contributed by atoms with Gasteiger partial charge in [0.1, 0.15) is 21.1 Å². The van der Waals surface area contributed by atoms with Crippen LogP contribution in [0.5, 0.6) is 0 Å². The SMILES string of the molecule is CC(=O)N1CCC(CC(=O)N2CCN(C3c4ncc(Br)cc4CCc4cc(Cl)cc(Br)c43)CC2)CC1.C[n+]1ccc(CC(=O)N2CCC(C3c4ncc(Br)cc4CCc4cc(Cl)cc(Br)c43)CC2)cc1.C[n+]1ccc(CC(=O)N2CCC(C3c4ncc(Br)cc4CCc4cc(Cl)cc(Br)c43)CC2)cc1.C[n+]1ccc(CC(=O)N2CCN(C3c4ncc(Br)cc4CCc4cc(Cl)cc(Cl)c43)CC2)cc1. The van der Waals surface area contributed by atoms with Gasteiger partial charge in [0, 0.05) is 234 Å². The molecule has 12 heterocycles. The second kappa shape index (κ2) is 46.4. The number of carbonyl (C=O) groups excluding carboxylic acids is 5. The number of halogens is 12. The van der Waals surface area contributed by atoms with E-state index in [1.54, 1.807) is 6.92 Å². The van der Waals surface area contributed by atoms with E-state index < -0.39 is 0 Å². The number of likely N-dealkylation sites (tertiary alicyclic amines) is 3. The molecule has 19 nitrogen and oxygen atoms in total. The molecule has 4 aromatic carbocycles. The van der Waals surface area contributed by atoms with Crippen molar-refractivity contribution >= 4 is 199 Å². The van der Waals surface area contributed by atoms with Crippen LogP contribution in [0.1, 0.15) is 182 Å². The van der Waals surface area contributed by atoms with E-state index >= 15 is 0 Å². The summed E-state index contributed by atoms with van der Waals surface area (Å²) < 4.78 is 13.1. The number of piperidine rings is 3. The molecule has 5 aliphatic heterocycles. The normalized spacial score (nSPS) is 19.0. The predicted molar refractivity (Wildman–Crippen MR) is 567 cm³/mol. The van der Waals surface area contributed by atoms with Crippen LogP contribution in [0.2, 0.25) is 25.1 Å². The molecule has 0 bridgehead atoms. The van der Waals surface area contributed by atoms with Crippen LogP contribution in [-0.4, -0.2) is 175 Å². The number of pyridine rings is 7. The van der Waals surface area contributed by atoms with Crippen LogP contribution in [0.15, 0.2) is 202 Å². The molecular formula is C107H111Br7Cl5N14O5+3. The summed E-state index contributed by atoms with van der Waals surface area (Å²) in [5, 5.41) is 3.61. The average Bonchev–Trinajstić information content (AvgIpc) is 1.57. The molecule has 4 aliphatic carbocycles. The van der Waals surface area contributed by atoms with E-state index in [0.29, 0.717) is 79.7 Å². The molecule has 138 heavy (non-hydrogen) atoms. The van der Waals surface area contributed by atoms with Crippen LogP contribution < -0.4 is 13.7 Å². The van der Waals surface area contributed by atoms with Gasteiger partial charge in [-0.1, -0.05) is 106 Å². The molecule has 5 saturated heterocycles. The Morgan fingerprint density at radius 1 is 0.326 bits per heavy atom. The average molecular weight is 2410 g/mol. The summed E-state index contributed by atoms with van der Waals surface area (Å²) in [6.07, 6.45) is 34.5. The smallest absolute Gasteiger partial charge is 0.227 e. The Balaban J connectivity index is 0.000000127. The fourth-order valence-corrected chi connectivity index (χ4v) is 27.3. The second-order valence-electron chi connectivity index (χ2n) is 38.0. The number of amides is 5. The standard InChI is InChI=1S/C27H31Br2ClN4O2.2C27H27Br2ClN3O.C26H26BrCl2N4O/c1-17(35)32-6-4-18(5-7-32)12-24(36)33-8-10-34(11-9-33)27-25-19(14-22(30)15-23(25)29)2-3-20-13-21(28)16-31-26(20)27;2*1-32-8-4-17(5-9-32)12-24(34)33-10-6-18(7-11-33)26-25-19(14-22(30)15-23(25)29)2-3-20-13-21(28)16-31-27(20)26;1-31-6-4-17(5-7-31)12-23(34)32-8-10-33(11-9-32)26-24-18(14-21(28)15-22(24)29)2-3-19-13-20(27)16-30-25(19)26/h13-16,18,27H,2-12H2,1H3;2*4-5,8-9,13-16,18,26H,2-3,6-7,10-12H2,1H3;4-7,13-16,26H,2-3,8-12H2,1H3/q;3*+1. The van der Waals surface area contributed by atoms with Gasteiger partial charge in [-0.05, 0) is 328 Å². The fourth-order valence-electron chi connectivity index (χ4n) is 21.8. The number of aryl methyl sites for hydroxylation is 11. The summed E-state index contributed by atoms with van der Waals surface area (Å²) in [7, 11) is 5.95. The molecule has 7 aromatic heterocycles. The number of hydrogen-bond acceptors (Lipinski definition) is 11. The minimum Gasteiger partial charge on any atom is -0.343 e. The zero-order chi connectivity index (χ0) is 96.9. The third-order valence-electron chi connectivity index (χ3n) is 29.0. The highest BCUT2D eigenvalue weighted by Gasteiger charge is 2.42. The maximum absolute atomic E-state index is 13.1. The van der Waals surface area contributed by atoms with Gasteiger partial charge in [-0.15, -0.1) is 0 Å². The minimum atomic E-state index is -0.0586. The summed E-state index contributed by atoms with van der Waals surface area (Å²) in [4.78, 5) is 98.1. The lowest BCUT2D eigenvalue weighted by Crippen LogP contribution is -2.50. The summed E-state index contributed by atoms with van der Waals surface area (Å²) >= 11 is 58.3. The molecule has 5 fully saturated rings. The molecule has 720 valence electrons. The molecule has 20 rings (SSSR count). The minimum absolute atomic E-state index is 0.0189. The first-order valence-corrected chi connectivity index (χ1v) is 55.1. The highest BCUT2D eigenvalue weighted by molar-refractivity contribution is 9.11. The van der Waals surface area contributed by atoms with E-state index in [1.807, 2.05) is 188 Å². The Labute approximate surface area is 892 Å². The number of carbonyl (C=O) groups is 5. The van der Waals surface area contributed by atoms with Crippen molar-refractivity contribution in [2.75, 3.05) is 91.6 Å². The lowest BCUT2D eigenvalue weighted by atomic mass is 9.76. The number of nitrogens with zero attached hydrogens (tertiary/aromatic N) is 14. The monoisotopic (exact) mass is 2400 g/mol. The predicted octanol–water partition coefficient (Wildman–Crippen LogP) is 21.4. The highest BCUT2D eigenvalue weighted by atomic mass is 79.9. The van der Waals surface area contributed by atoms with Crippen LogP contribution in [-0.2, 0) is 116 Å². The third kappa shape index (κ3) is 24.6. The molecule has 4 unspecified atom stereocenters. The topological polar surface area (TPSA) is 171 Å². The molecule has 0 spiro atoms. The number of aromatic nitrogens is 7. The van der Waals surface area contributed by atoms with Crippen molar-refractivity contribution in [3.8, 4) is 0 Å². The van der Waals surface area contributed by atoms with E-state index in [4.69, 9.17) is 77.9 Å². The van der Waals surface area contributed by atoms with Crippen LogP contribution >= 0.6 is 170 Å². The Morgan fingerprint density at radius 2 is 0.609 bits per heavy atom. The first kappa shape index (κ1) is 102. The van der Waals surface area contributed by atoms with Gasteiger partial charge in [0.2, 0.25) is 29.5 Å². The van der Waals surface area contributed by atoms with E-state index in [0.717, 1.165) is 235 Å². The Kier molecular flexibility index (Phi) is 34.4. The van der Waals surface area contributed by atoms with Crippen molar-refractivity contribution in [2.45, 2.75) is 146 Å². The number of hydrogen-bond donors (Lipinski definition) is 0. The van der Waals surface area contributed by atoms with Crippen LogP contribution in [0, 0.1) is 17.8 Å². The Morgan fingerprint density at radius 3 is 0.964 bits per heavy atom. The Bertz CT molecular complexity index is 5890. The number of fused-ring (bicyclic) bond motifs is 8. The van der Waals surface area contributed by atoms with Gasteiger partial charge in [-0.2, -0.15) is 0 Å². The summed E-state index contributed by atoms with van der Waals surface area (Å²) in [6.45, 7) is 12.2. The van der Waals surface area contributed by atoms with Gasteiger partial charge in [-0.25, -0.2) is 13.7 Å². The fraction of sp³-hybridized carbons (Fsp3) is 0.402.